The third kappa shape index (κ3) is 9.14. The molecule has 4 aromatic rings. The number of sulfonamides is 2. The summed E-state index contributed by atoms with van der Waals surface area (Å²) in [5.41, 5.74) is -0.941. The summed E-state index contributed by atoms with van der Waals surface area (Å²) in [5.74, 6) is -1.47. The Balaban J connectivity index is 1.39. The van der Waals surface area contributed by atoms with E-state index in [-0.39, 0.29) is 52.1 Å². The first-order chi connectivity index (χ1) is 23.3. The van der Waals surface area contributed by atoms with Gasteiger partial charge < -0.3 is 10.6 Å². The van der Waals surface area contributed by atoms with E-state index in [9.17, 15) is 46.7 Å². The summed E-state index contributed by atoms with van der Waals surface area (Å²) in [6.45, 7) is -1.46. The van der Waals surface area contributed by atoms with E-state index in [0.29, 0.717) is 0 Å². The van der Waals surface area contributed by atoms with E-state index in [0.717, 1.165) is 20.7 Å². The van der Waals surface area contributed by atoms with Gasteiger partial charge in [-0.15, -0.1) is 0 Å². The first-order valence-electron chi connectivity index (χ1n) is 14.5. The van der Waals surface area contributed by atoms with E-state index in [2.05, 4.69) is 10.6 Å². The highest BCUT2D eigenvalue weighted by Crippen LogP contribution is 2.28. The van der Waals surface area contributed by atoms with Crippen molar-refractivity contribution in [2.24, 2.45) is 0 Å². The van der Waals surface area contributed by atoms with Crippen LogP contribution in [0.25, 0.3) is 0 Å². The molecule has 16 nitrogen and oxygen atoms in total. The van der Waals surface area contributed by atoms with Gasteiger partial charge in [-0.2, -0.15) is 0 Å². The highest BCUT2D eigenvalue weighted by atomic mass is 32.2. The number of anilines is 2. The van der Waals surface area contributed by atoms with Crippen LogP contribution in [-0.4, -0.2) is 64.7 Å². The number of rotatable bonds is 16. The van der Waals surface area contributed by atoms with Crippen molar-refractivity contribution < 1.29 is 36.3 Å². The minimum Gasteiger partial charge on any atom is -0.354 e. The molecule has 4 rings (SSSR count). The van der Waals surface area contributed by atoms with Crippen molar-refractivity contribution >= 4 is 54.6 Å². The van der Waals surface area contributed by atoms with Crippen LogP contribution in [0.15, 0.2) is 119 Å². The quantitative estimate of drug-likeness (QED) is 0.0982. The molecule has 0 bridgehead atoms. The van der Waals surface area contributed by atoms with Crippen molar-refractivity contribution in [2.45, 2.75) is 16.2 Å². The lowest BCUT2D eigenvalue weighted by Crippen LogP contribution is -2.42. The Labute approximate surface area is 281 Å². The Bertz CT molecular complexity index is 1900. The number of nitrogens with one attached hydrogen (secondary N) is 2. The van der Waals surface area contributed by atoms with Crippen molar-refractivity contribution in [2.75, 3.05) is 34.8 Å². The van der Waals surface area contributed by atoms with E-state index in [4.69, 9.17) is 0 Å². The molecule has 0 aliphatic carbocycles. The summed E-state index contributed by atoms with van der Waals surface area (Å²) in [6, 6.07) is 24.2. The van der Waals surface area contributed by atoms with Crippen LogP contribution in [0, 0.1) is 20.2 Å². The zero-order chi connectivity index (χ0) is 35.6. The molecule has 2 amide bonds. The molecule has 0 aliphatic heterocycles. The molecule has 0 heterocycles. The number of benzene rings is 4. The number of nitro groups is 2. The van der Waals surface area contributed by atoms with Gasteiger partial charge in [-0.1, -0.05) is 48.5 Å². The molecular formula is C31H30N6O10S2. The third-order valence-electron chi connectivity index (χ3n) is 6.89. The molecule has 0 unspecified atom stereocenters. The van der Waals surface area contributed by atoms with Crippen LogP contribution in [-0.2, 0) is 29.6 Å². The molecule has 0 saturated heterocycles. The number of hydrogen-bond acceptors (Lipinski definition) is 10. The Morgan fingerprint density at radius 3 is 1.29 bits per heavy atom. The van der Waals surface area contributed by atoms with Gasteiger partial charge in [-0.3, -0.25) is 38.4 Å². The first kappa shape index (κ1) is 36.0. The number of hydrogen-bond donors (Lipinski definition) is 2. The summed E-state index contributed by atoms with van der Waals surface area (Å²) >= 11 is 0. The van der Waals surface area contributed by atoms with Crippen LogP contribution in [0.5, 0.6) is 0 Å². The van der Waals surface area contributed by atoms with E-state index in [1.165, 1.54) is 84.9 Å². The number of nitrogens with zero attached hydrogens (tertiary/aromatic N) is 4. The van der Waals surface area contributed by atoms with E-state index < -0.39 is 54.8 Å². The molecule has 0 aliphatic rings. The molecular weight excluding hydrogens is 681 g/mol. The van der Waals surface area contributed by atoms with Crippen LogP contribution in [0.4, 0.5) is 22.7 Å². The molecule has 4 aromatic carbocycles. The fourth-order valence-electron chi connectivity index (χ4n) is 4.51. The number of non-ortho nitro benzene ring substituents is 2. The maximum Gasteiger partial charge on any atom is 0.271 e. The lowest BCUT2D eigenvalue weighted by molar-refractivity contribution is -0.385. The summed E-state index contributed by atoms with van der Waals surface area (Å²) in [4.78, 5) is 46.8. The predicted octanol–water partition coefficient (Wildman–Crippen LogP) is 3.22. The second-order valence-corrected chi connectivity index (χ2v) is 14.0. The highest BCUT2D eigenvalue weighted by Gasteiger charge is 2.29. The Morgan fingerprint density at radius 2 is 0.939 bits per heavy atom. The molecule has 256 valence electrons. The Kier molecular flexibility index (Phi) is 11.6. The van der Waals surface area contributed by atoms with E-state index in [1.54, 1.807) is 12.1 Å². The molecule has 0 saturated carbocycles. The van der Waals surface area contributed by atoms with Crippen LogP contribution >= 0.6 is 0 Å². The summed E-state index contributed by atoms with van der Waals surface area (Å²) in [7, 11) is -8.62. The second-order valence-electron chi connectivity index (χ2n) is 10.3. The largest absolute Gasteiger partial charge is 0.354 e. The van der Waals surface area contributed by atoms with E-state index in [1.807, 2.05) is 0 Å². The number of amides is 2. The molecule has 0 atom stereocenters. The molecule has 2 N–H and O–H groups in total. The van der Waals surface area contributed by atoms with Gasteiger partial charge in [0, 0.05) is 37.4 Å². The number of carbonyl (C=O) groups is 2. The third-order valence-corrected chi connectivity index (χ3v) is 10.5. The average molecular weight is 711 g/mol. The van der Waals surface area contributed by atoms with Gasteiger partial charge in [0.1, 0.15) is 13.1 Å². The molecule has 0 fully saturated rings. The Morgan fingerprint density at radius 1 is 0.571 bits per heavy atom. The van der Waals surface area contributed by atoms with Crippen molar-refractivity contribution in [1.29, 1.82) is 0 Å². The standard InChI is InChI=1S/C31H30N6O10S2/c38-30(22-34(24-10-7-12-26(20-24)36(40)41)48(44,45)28-14-3-1-4-15-28)32-18-9-19-33-31(39)23-35(25-11-8-13-27(21-25)37(42)43)49(46,47)29-16-5-2-6-17-29/h1-8,10-17,20-21H,9,18-19,22-23H2,(H,32,38)(H,33,39). The van der Waals surface area contributed by atoms with Crippen LogP contribution in [0.2, 0.25) is 0 Å². The molecule has 18 heteroatoms. The number of carbonyl (C=O) groups excluding carboxylic acids is 2. The summed E-state index contributed by atoms with van der Waals surface area (Å²) in [5, 5.41) is 27.7. The van der Waals surface area contributed by atoms with Crippen LogP contribution < -0.4 is 19.2 Å². The zero-order valence-electron chi connectivity index (χ0n) is 25.6. The van der Waals surface area contributed by atoms with Gasteiger partial charge in [0.15, 0.2) is 0 Å². The monoisotopic (exact) mass is 710 g/mol. The number of nitro benzene ring substituents is 2. The lowest BCUT2D eigenvalue weighted by Gasteiger charge is -2.24. The van der Waals surface area contributed by atoms with Crippen molar-refractivity contribution in [1.82, 2.24) is 10.6 Å². The van der Waals surface area contributed by atoms with Crippen LogP contribution in [0.1, 0.15) is 6.42 Å². The maximum absolute atomic E-state index is 13.5. The van der Waals surface area contributed by atoms with Crippen molar-refractivity contribution in [3.05, 3.63) is 129 Å². The summed E-state index contributed by atoms with van der Waals surface area (Å²) in [6.07, 6.45) is 0.155. The topological polar surface area (TPSA) is 219 Å². The minimum atomic E-state index is -4.31. The second kappa shape index (κ2) is 15.8. The van der Waals surface area contributed by atoms with Crippen LogP contribution in [0.3, 0.4) is 0 Å². The van der Waals surface area contributed by atoms with Gasteiger partial charge in [0.2, 0.25) is 11.8 Å². The van der Waals surface area contributed by atoms with Gasteiger partial charge in [-0.25, -0.2) is 16.8 Å². The minimum absolute atomic E-state index is 0.0236. The molecule has 0 radical (unpaired) electrons. The predicted molar refractivity (Wildman–Crippen MR) is 179 cm³/mol. The maximum atomic E-state index is 13.5. The fraction of sp³-hybridized carbons (Fsp3) is 0.161. The van der Waals surface area contributed by atoms with Crippen molar-refractivity contribution in [3.63, 3.8) is 0 Å². The molecule has 0 spiro atoms. The van der Waals surface area contributed by atoms with Gasteiger partial charge >= 0.3 is 0 Å². The normalized spacial score (nSPS) is 11.3. The molecule has 0 aromatic heterocycles. The fourth-order valence-corrected chi connectivity index (χ4v) is 7.38. The van der Waals surface area contributed by atoms with Gasteiger partial charge in [0.25, 0.3) is 31.4 Å². The van der Waals surface area contributed by atoms with Gasteiger partial charge in [0.05, 0.1) is 31.0 Å². The zero-order valence-corrected chi connectivity index (χ0v) is 27.2. The summed E-state index contributed by atoms with van der Waals surface area (Å²) < 4.78 is 55.3. The Hall–Kier alpha value is -5.88. The SMILES string of the molecule is O=C(CN(c1cccc([N+](=O)[O-])c1)S(=O)(=O)c1ccccc1)NCCCNC(=O)CN(c1cccc([N+](=O)[O-])c1)S(=O)(=O)c1ccccc1. The van der Waals surface area contributed by atoms with Gasteiger partial charge in [-0.05, 0) is 42.8 Å². The van der Waals surface area contributed by atoms with Crippen molar-refractivity contribution in [3.8, 4) is 0 Å². The average Bonchev–Trinajstić information content (AvgIpc) is 3.10. The molecule has 49 heavy (non-hydrogen) atoms. The smallest absolute Gasteiger partial charge is 0.271 e. The lowest BCUT2D eigenvalue weighted by atomic mass is 10.3. The highest BCUT2D eigenvalue weighted by molar-refractivity contribution is 7.93. The first-order valence-corrected chi connectivity index (χ1v) is 17.4. The van der Waals surface area contributed by atoms with E-state index >= 15 is 0 Å².